The molecule has 1 aliphatic carbocycles. The van der Waals surface area contributed by atoms with Gasteiger partial charge in [0.05, 0.1) is 11.7 Å². The van der Waals surface area contributed by atoms with Gasteiger partial charge in [-0.3, -0.25) is 15.8 Å². The van der Waals surface area contributed by atoms with E-state index in [1.54, 1.807) is 11.8 Å². The lowest BCUT2D eigenvalue weighted by molar-refractivity contribution is 0.747. The van der Waals surface area contributed by atoms with Crippen LogP contribution in [0.4, 0.5) is 0 Å². The zero-order chi connectivity index (χ0) is 17.4. The number of hydrogen-bond acceptors (Lipinski definition) is 3. The molecule has 1 aromatic heterocycles. The first-order chi connectivity index (χ1) is 12.1. The first-order valence-electron chi connectivity index (χ1n) is 8.49. The predicted molar refractivity (Wildman–Crippen MR) is 107 cm³/mol. The van der Waals surface area contributed by atoms with Crippen molar-refractivity contribution >= 4 is 34.2 Å². The Hall–Kier alpha value is -1.85. The third kappa shape index (κ3) is 3.58. The summed E-state index contributed by atoms with van der Waals surface area (Å²) in [6.07, 6.45) is 2.43. The maximum absolute atomic E-state index is 6.33. The van der Waals surface area contributed by atoms with Crippen molar-refractivity contribution < 1.29 is 0 Å². The fraction of sp³-hybridized carbons (Fsp3) is 0.316. The number of aliphatic imine (C=N–C) groups is 1. The topological polar surface area (TPSA) is 41.4 Å². The Morgan fingerprint density at radius 3 is 2.72 bits per heavy atom. The Balaban J connectivity index is 1.58. The van der Waals surface area contributed by atoms with Gasteiger partial charge in [-0.15, -0.1) is 0 Å². The standard InChI is InChI=1S/C19H21ClN4S/c1-12-9-16(18-11-25-19(23-22-18)21-15-7-8-15)13(2)24(12)10-14-5-3-4-6-17(14)20/h3-6,9,11,15,22H,7-8,10H2,1-2H3,(H,21,23). The van der Waals surface area contributed by atoms with Crippen molar-refractivity contribution in [3.8, 4) is 0 Å². The summed E-state index contributed by atoms with van der Waals surface area (Å²) in [6.45, 7) is 5.07. The summed E-state index contributed by atoms with van der Waals surface area (Å²) in [5, 5.41) is 3.90. The van der Waals surface area contributed by atoms with Crippen LogP contribution >= 0.6 is 23.4 Å². The van der Waals surface area contributed by atoms with Crippen molar-refractivity contribution in [2.45, 2.75) is 39.3 Å². The average molecular weight is 373 g/mol. The lowest BCUT2D eigenvalue weighted by atomic mass is 10.2. The van der Waals surface area contributed by atoms with Crippen LogP contribution in [0.3, 0.4) is 0 Å². The van der Waals surface area contributed by atoms with Gasteiger partial charge in [0.1, 0.15) is 0 Å². The third-order valence-corrected chi connectivity index (χ3v) is 5.74. The summed E-state index contributed by atoms with van der Waals surface area (Å²) < 4.78 is 2.30. The van der Waals surface area contributed by atoms with Crippen molar-refractivity contribution in [1.29, 1.82) is 0 Å². The first kappa shape index (κ1) is 16.6. The number of aryl methyl sites for hydroxylation is 1. The summed E-state index contributed by atoms with van der Waals surface area (Å²) in [7, 11) is 0. The van der Waals surface area contributed by atoms with E-state index in [0.717, 1.165) is 28.0 Å². The number of halogens is 1. The van der Waals surface area contributed by atoms with E-state index in [2.05, 4.69) is 51.8 Å². The number of thioether (sulfide) groups is 1. The minimum absolute atomic E-state index is 0.521. The summed E-state index contributed by atoms with van der Waals surface area (Å²) in [4.78, 5) is 4.63. The average Bonchev–Trinajstić information content (AvgIpc) is 3.38. The molecule has 1 aliphatic heterocycles. The molecule has 2 N–H and O–H groups in total. The molecule has 4 nitrogen and oxygen atoms in total. The number of nitrogens with zero attached hydrogens (tertiary/aromatic N) is 2. The molecule has 4 rings (SSSR count). The molecule has 2 aliphatic rings. The molecule has 130 valence electrons. The molecule has 2 heterocycles. The molecule has 0 bridgehead atoms. The molecule has 25 heavy (non-hydrogen) atoms. The van der Waals surface area contributed by atoms with Gasteiger partial charge in [-0.1, -0.05) is 41.6 Å². The highest BCUT2D eigenvalue weighted by molar-refractivity contribution is 8.16. The largest absolute Gasteiger partial charge is 0.344 e. The van der Waals surface area contributed by atoms with Crippen LogP contribution in [0.5, 0.6) is 0 Å². The lowest BCUT2D eigenvalue weighted by Crippen LogP contribution is -2.37. The van der Waals surface area contributed by atoms with E-state index in [1.807, 2.05) is 18.2 Å². The highest BCUT2D eigenvalue weighted by atomic mass is 35.5. The number of amidine groups is 1. The second-order valence-electron chi connectivity index (χ2n) is 6.53. The minimum Gasteiger partial charge on any atom is -0.344 e. The number of rotatable bonds is 4. The van der Waals surface area contributed by atoms with Crippen molar-refractivity contribution in [1.82, 2.24) is 15.4 Å². The Morgan fingerprint density at radius 2 is 2.04 bits per heavy atom. The Kier molecular flexibility index (Phi) is 4.52. The van der Waals surface area contributed by atoms with E-state index in [9.17, 15) is 0 Å². The zero-order valence-electron chi connectivity index (χ0n) is 14.3. The lowest BCUT2D eigenvalue weighted by Gasteiger charge is -2.19. The fourth-order valence-electron chi connectivity index (χ4n) is 2.97. The van der Waals surface area contributed by atoms with Gasteiger partial charge in [-0.2, -0.15) is 0 Å². The van der Waals surface area contributed by atoms with Crippen LogP contribution in [-0.2, 0) is 6.54 Å². The number of hydrogen-bond donors (Lipinski definition) is 2. The highest BCUT2D eigenvalue weighted by Gasteiger charge is 2.23. The monoisotopic (exact) mass is 372 g/mol. The second-order valence-corrected chi connectivity index (χ2v) is 7.79. The molecule has 2 aromatic rings. The van der Waals surface area contributed by atoms with Gasteiger partial charge < -0.3 is 4.57 Å². The predicted octanol–water partition coefficient (Wildman–Crippen LogP) is 4.46. The third-order valence-electron chi connectivity index (χ3n) is 4.59. The normalized spacial score (nSPS) is 18.7. The smallest absolute Gasteiger partial charge is 0.180 e. The van der Waals surface area contributed by atoms with Gasteiger partial charge in [-0.25, -0.2) is 0 Å². The van der Waals surface area contributed by atoms with Crippen LogP contribution < -0.4 is 10.9 Å². The number of aromatic nitrogens is 1. The van der Waals surface area contributed by atoms with Gasteiger partial charge in [0.25, 0.3) is 0 Å². The Labute approximate surface area is 157 Å². The quantitative estimate of drug-likeness (QED) is 0.832. The molecular formula is C19H21ClN4S. The van der Waals surface area contributed by atoms with Crippen LogP contribution in [0.2, 0.25) is 5.02 Å². The van der Waals surface area contributed by atoms with Gasteiger partial charge in [0, 0.05) is 33.9 Å². The summed E-state index contributed by atoms with van der Waals surface area (Å²) in [5.74, 6) is 0. The molecule has 1 saturated carbocycles. The first-order valence-corrected chi connectivity index (χ1v) is 9.75. The van der Waals surface area contributed by atoms with Crippen LogP contribution in [0, 0.1) is 13.8 Å². The van der Waals surface area contributed by atoms with Gasteiger partial charge >= 0.3 is 0 Å². The van der Waals surface area contributed by atoms with Crippen molar-refractivity contribution in [3.05, 3.63) is 63.3 Å². The molecule has 0 atom stereocenters. The van der Waals surface area contributed by atoms with Crippen LogP contribution in [0.25, 0.3) is 5.70 Å². The zero-order valence-corrected chi connectivity index (χ0v) is 15.9. The Bertz CT molecular complexity index is 864. The Morgan fingerprint density at radius 1 is 1.24 bits per heavy atom. The maximum Gasteiger partial charge on any atom is 0.180 e. The van der Waals surface area contributed by atoms with Gasteiger partial charge in [-0.05, 0) is 44.4 Å². The van der Waals surface area contributed by atoms with E-state index in [1.165, 1.54) is 29.8 Å². The summed E-state index contributed by atoms with van der Waals surface area (Å²) in [5.41, 5.74) is 12.4. The molecule has 0 saturated heterocycles. The molecular weight excluding hydrogens is 352 g/mol. The van der Waals surface area contributed by atoms with Crippen molar-refractivity contribution in [3.63, 3.8) is 0 Å². The number of hydrazine groups is 1. The molecule has 0 amide bonds. The van der Waals surface area contributed by atoms with Gasteiger partial charge in [0.2, 0.25) is 0 Å². The maximum atomic E-state index is 6.33. The molecule has 1 aromatic carbocycles. The van der Waals surface area contributed by atoms with Gasteiger partial charge in [0.15, 0.2) is 5.17 Å². The van der Waals surface area contributed by atoms with E-state index in [-0.39, 0.29) is 0 Å². The SMILES string of the molecule is Cc1cc(C2=CSC(=NC3CC3)NN2)c(C)n1Cc1ccccc1Cl. The highest BCUT2D eigenvalue weighted by Crippen LogP contribution is 2.29. The van der Waals surface area contributed by atoms with Crippen LogP contribution in [0.1, 0.15) is 35.4 Å². The second kappa shape index (κ2) is 6.81. The van der Waals surface area contributed by atoms with E-state index in [4.69, 9.17) is 11.6 Å². The summed E-state index contributed by atoms with van der Waals surface area (Å²) in [6, 6.07) is 10.8. The molecule has 0 radical (unpaired) electrons. The van der Waals surface area contributed by atoms with E-state index >= 15 is 0 Å². The van der Waals surface area contributed by atoms with Crippen LogP contribution in [0.15, 0.2) is 40.7 Å². The van der Waals surface area contributed by atoms with Crippen molar-refractivity contribution in [2.75, 3.05) is 0 Å². The number of benzene rings is 1. The minimum atomic E-state index is 0.521. The fourth-order valence-corrected chi connectivity index (χ4v) is 3.90. The van der Waals surface area contributed by atoms with E-state index < -0.39 is 0 Å². The molecule has 6 heteroatoms. The molecule has 0 unspecified atom stereocenters. The van der Waals surface area contributed by atoms with Crippen molar-refractivity contribution in [2.24, 2.45) is 4.99 Å². The van der Waals surface area contributed by atoms with Crippen LogP contribution in [-0.4, -0.2) is 15.8 Å². The van der Waals surface area contributed by atoms with E-state index in [0.29, 0.717) is 6.04 Å². The number of nitrogens with one attached hydrogen (secondary N) is 2. The molecule has 1 fully saturated rings. The molecule has 0 spiro atoms. The summed E-state index contributed by atoms with van der Waals surface area (Å²) >= 11 is 7.98.